The topological polar surface area (TPSA) is 111 Å². The summed E-state index contributed by atoms with van der Waals surface area (Å²) in [6.45, 7) is -0.274. The lowest BCUT2D eigenvalue weighted by Crippen LogP contribution is -2.62. The number of hydrogen-bond acceptors (Lipinski definition) is 4. The lowest BCUT2D eigenvalue weighted by Gasteiger charge is -2.56. The number of nitrogens with one attached hydrogen (secondary N) is 2. The fourth-order valence-electron chi connectivity index (χ4n) is 5.56. The molecule has 4 N–H and O–H groups in total. The summed E-state index contributed by atoms with van der Waals surface area (Å²) in [6, 6.07) is 5.73. The average molecular weight is 371 g/mol. The van der Waals surface area contributed by atoms with Crippen LogP contribution in [0.25, 0.3) is 0 Å². The van der Waals surface area contributed by atoms with Gasteiger partial charge in [-0.25, -0.2) is 4.79 Å². The first-order valence-electron chi connectivity index (χ1n) is 9.55. The maximum atomic E-state index is 12.3. The van der Waals surface area contributed by atoms with Gasteiger partial charge in [-0.15, -0.1) is 0 Å². The first-order chi connectivity index (χ1) is 12.9. The summed E-state index contributed by atoms with van der Waals surface area (Å²) >= 11 is 0. The molecule has 5 rings (SSSR count). The molecule has 4 aliphatic carbocycles. The second kappa shape index (κ2) is 6.87. The predicted octanol–water partition coefficient (Wildman–Crippen LogP) is 1.96. The smallest absolute Gasteiger partial charge is 0.321 e. The Bertz CT molecular complexity index is 724. The van der Waals surface area contributed by atoms with Crippen molar-refractivity contribution >= 4 is 17.8 Å². The van der Waals surface area contributed by atoms with Crippen LogP contribution in [0.5, 0.6) is 5.75 Å². The number of carbonyl (C=O) groups is 3. The number of urea groups is 1. The van der Waals surface area contributed by atoms with Crippen molar-refractivity contribution in [3.05, 3.63) is 29.8 Å². The SMILES string of the molecule is NC(=O)c1ccc(OCC(=O)NC(=O)NC23CC4CC(CC(C4)C2)C3)cc1. The molecular weight excluding hydrogens is 346 g/mol. The predicted molar refractivity (Wildman–Crippen MR) is 98.0 cm³/mol. The number of nitrogens with two attached hydrogens (primary N) is 1. The second-order valence-corrected chi connectivity index (χ2v) is 8.38. The van der Waals surface area contributed by atoms with Crippen molar-refractivity contribution in [2.75, 3.05) is 6.61 Å². The summed E-state index contributed by atoms with van der Waals surface area (Å²) in [6.07, 6.45) is 6.98. The van der Waals surface area contributed by atoms with Crippen LogP contribution in [0.3, 0.4) is 0 Å². The van der Waals surface area contributed by atoms with Gasteiger partial charge in [0.15, 0.2) is 6.61 Å². The molecule has 4 amide bonds. The molecule has 0 unspecified atom stereocenters. The van der Waals surface area contributed by atoms with E-state index < -0.39 is 17.8 Å². The number of amides is 4. The molecule has 0 atom stereocenters. The summed E-state index contributed by atoms with van der Waals surface area (Å²) in [4.78, 5) is 35.4. The third-order valence-corrected chi connectivity index (χ3v) is 6.18. The molecule has 1 aromatic carbocycles. The zero-order valence-electron chi connectivity index (χ0n) is 15.2. The monoisotopic (exact) mass is 371 g/mol. The summed E-state index contributed by atoms with van der Waals surface area (Å²) < 4.78 is 5.35. The molecule has 7 heteroatoms. The molecule has 1 aromatic rings. The van der Waals surface area contributed by atoms with E-state index in [2.05, 4.69) is 10.6 Å². The highest BCUT2D eigenvalue weighted by Gasteiger charge is 2.51. The van der Waals surface area contributed by atoms with Gasteiger partial charge < -0.3 is 15.8 Å². The highest BCUT2D eigenvalue weighted by atomic mass is 16.5. The molecule has 144 valence electrons. The molecule has 0 spiro atoms. The van der Waals surface area contributed by atoms with Gasteiger partial charge in [-0.05, 0) is 80.5 Å². The van der Waals surface area contributed by atoms with Crippen LogP contribution in [0.1, 0.15) is 48.9 Å². The number of benzene rings is 1. The van der Waals surface area contributed by atoms with Crippen LogP contribution in [0.4, 0.5) is 4.79 Å². The van der Waals surface area contributed by atoms with Crippen molar-refractivity contribution < 1.29 is 19.1 Å². The van der Waals surface area contributed by atoms with E-state index in [1.807, 2.05) is 0 Å². The maximum absolute atomic E-state index is 12.3. The van der Waals surface area contributed by atoms with E-state index in [0.29, 0.717) is 11.3 Å². The van der Waals surface area contributed by atoms with E-state index in [9.17, 15) is 14.4 Å². The standard InChI is InChI=1S/C20H25N3O4/c21-18(25)15-1-3-16(4-2-15)27-11-17(24)22-19(26)23-20-8-12-5-13(9-20)7-14(6-12)10-20/h1-4,12-14H,5-11H2,(H2,21,25)(H2,22,23,24,26). The van der Waals surface area contributed by atoms with Crippen LogP contribution in [-0.2, 0) is 4.79 Å². The minimum absolute atomic E-state index is 0.134. The lowest BCUT2D eigenvalue weighted by atomic mass is 9.53. The minimum Gasteiger partial charge on any atom is -0.484 e. The number of imide groups is 1. The van der Waals surface area contributed by atoms with Crippen molar-refractivity contribution in [2.45, 2.75) is 44.1 Å². The van der Waals surface area contributed by atoms with Crippen LogP contribution in [0.15, 0.2) is 24.3 Å². The van der Waals surface area contributed by atoms with Crippen molar-refractivity contribution in [3.8, 4) is 5.75 Å². The van der Waals surface area contributed by atoms with E-state index in [-0.39, 0.29) is 12.1 Å². The molecular formula is C20H25N3O4. The van der Waals surface area contributed by atoms with Gasteiger partial charge in [-0.3, -0.25) is 14.9 Å². The van der Waals surface area contributed by atoms with Gasteiger partial charge in [0.2, 0.25) is 5.91 Å². The van der Waals surface area contributed by atoms with E-state index in [1.165, 1.54) is 31.4 Å². The number of primary amides is 1. The van der Waals surface area contributed by atoms with Gasteiger partial charge in [0, 0.05) is 11.1 Å². The van der Waals surface area contributed by atoms with Gasteiger partial charge in [0.25, 0.3) is 5.91 Å². The van der Waals surface area contributed by atoms with Crippen molar-refractivity contribution in [2.24, 2.45) is 23.5 Å². The Morgan fingerprint density at radius 2 is 1.56 bits per heavy atom. The van der Waals surface area contributed by atoms with Gasteiger partial charge >= 0.3 is 6.03 Å². The van der Waals surface area contributed by atoms with Gasteiger partial charge in [0.1, 0.15) is 5.75 Å². The van der Waals surface area contributed by atoms with Crippen molar-refractivity contribution in [1.29, 1.82) is 0 Å². The Kier molecular flexibility index (Phi) is 4.53. The molecule has 7 nitrogen and oxygen atoms in total. The first-order valence-corrected chi connectivity index (χ1v) is 9.55. The van der Waals surface area contributed by atoms with Crippen LogP contribution in [0, 0.1) is 17.8 Å². The third-order valence-electron chi connectivity index (χ3n) is 6.18. The van der Waals surface area contributed by atoms with Crippen LogP contribution in [0.2, 0.25) is 0 Å². The summed E-state index contributed by atoms with van der Waals surface area (Å²) in [5.74, 6) is 1.56. The Labute approximate surface area is 158 Å². The highest BCUT2D eigenvalue weighted by Crippen LogP contribution is 2.55. The maximum Gasteiger partial charge on any atom is 0.321 e. The number of rotatable bonds is 5. The largest absolute Gasteiger partial charge is 0.484 e. The average Bonchev–Trinajstić information content (AvgIpc) is 2.58. The highest BCUT2D eigenvalue weighted by molar-refractivity contribution is 5.95. The molecule has 27 heavy (non-hydrogen) atoms. The Morgan fingerprint density at radius 3 is 2.07 bits per heavy atom. The fraction of sp³-hybridized carbons (Fsp3) is 0.550. The molecule has 4 saturated carbocycles. The fourth-order valence-corrected chi connectivity index (χ4v) is 5.56. The van der Waals surface area contributed by atoms with E-state index in [4.69, 9.17) is 10.5 Å². The third kappa shape index (κ3) is 3.91. The van der Waals surface area contributed by atoms with E-state index >= 15 is 0 Å². The van der Waals surface area contributed by atoms with Crippen LogP contribution < -0.4 is 21.1 Å². The quantitative estimate of drug-likeness (QED) is 0.735. The Morgan fingerprint density at radius 1 is 1.00 bits per heavy atom. The summed E-state index contributed by atoms with van der Waals surface area (Å²) in [5.41, 5.74) is 5.40. The summed E-state index contributed by atoms with van der Waals surface area (Å²) in [7, 11) is 0. The zero-order valence-corrected chi connectivity index (χ0v) is 15.2. The molecule has 0 heterocycles. The number of ether oxygens (including phenoxy) is 1. The van der Waals surface area contributed by atoms with E-state index in [0.717, 1.165) is 37.0 Å². The van der Waals surface area contributed by atoms with Gasteiger partial charge in [-0.1, -0.05) is 0 Å². The Balaban J connectivity index is 1.26. The number of carbonyl (C=O) groups excluding carboxylic acids is 3. The normalized spacial score (nSPS) is 30.6. The first kappa shape index (κ1) is 17.8. The van der Waals surface area contributed by atoms with Crippen LogP contribution >= 0.6 is 0 Å². The lowest BCUT2D eigenvalue weighted by molar-refractivity contribution is -0.122. The molecule has 0 aromatic heterocycles. The van der Waals surface area contributed by atoms with Crippen molar-refractivity contribution in [1.82, 2.24) is 10.6 Å². The molecule has 0 aliphatic heterocycles. The van der Waals surface area contributed by atoms with E-state index in [1.54, 1.807) is 12.1 Å². The minimum atomic E-state index is -0.527. The molecule has 4 bridgehead atoms. The Hall–Kier alpha value is -2.57. The molecule has 0 saturated heterocycles. The van der Waals surface area contributed by atoms with Gasteiger partial charge in [-0.2, -0.15) is 0 Å². The molecule has 4 fully saturated rings. The summed E-state index contributed by atoms with van der Waals surface area (Å²) in [5, 5.41) is 5.46. The molecule has 0 radical (unpaired) electrons. The van der Waals surface area contributed by atoms with Crippen molar-refractivity contribution in [3.63, 3.8) is 0 Å². The number of hydrogen-bond donors (Lipinski definition) is 3. The second-order valence-electron chi connectivity index (χ2n) is 8.38. The molecule has 4 aliphatic rings. The van der Waals surface area contributed by atoms with Gasteiger partial charge in [0.05, 0.1) is 0 Å². The van der Waals surface area contributed by atoms with Crippen LogP contribution in [-0.4, -0.2) is 30.0 Å². The zero-order chi connectivity index (χ0) is 19.0.